The summed E-state index contributed by atoms with van der Waals surface area (Å²) in [6.07, 6.45) is 0. The minimum Gasteiger partial charge on any atom is -0.379 e. The highest BCUT2D eigenvalue weighted by molar-refractivity contribution is 6.11. The van der Waals surface area contributed by atoms with E-state index in [-0.39, 0.29) is 11.8 Å². The van der Waals surface area contributed by atoms with Crippen molar-refractivity contribution in [2.24, 2.45) is 11.1 Å². The lowest BCUT2D eigenvalue weighted by Crippen LogP contribution is -2.44. The molecule has 0 amide bonds. The second-order valence-electron chi connectivity index (χ2n) is 5.39. The molecule has 1 aliphatic rings. The molecule has 19 heavy (non-hydrogen) atoms. The second-order valence-corrected chi connectivity index (χ2v) is 5.39. The Morgan fingerprint density at radius 3 is 2.74 bits per heavy atom. The van der Waals surface area contributed by atoms with Crippen molar-refractivity contribution in [2.45, 2.75) is 13.0 Å². The summed E-state index contributed by atoms with van der Waals surface area (Å²) in [5.74, 6) is 0.0781. The van der Waals surface area contributed by atoms with Crippen LogP contribution in [-0.4, -0.2) is 25.0 Å². The predicted octanol–water partition coefficient (Wildman–Crippen LogP) is 2.39. The number of Topliss-reactive ketones (excluding diaryl/α,β-unsaturated/α-hetero) is 1. The Bertz CT molecular complexity index is 632. The summed E-state index contributed by atoms with van der Waals surface area (Å²) in [4.78, 5) is 12.8. The van der Waals surface area contributed by atoms with E-state index in [0.717, 1.165) is 16.3 Å². The van der Waals surface area contributed by atoms with Gasteiger partial charge >= 0.3 is 0 Å². The first-order chi connectivity index (χ1) is 9.13. The van der Waals surface area contributed by atoms with Gasteiger partial charge in [0, 0.05) is 11.6 Å². The second kappa shape index (κ2) is 4.44. The fraction of sp³-hybridized carbons (Fsp3) is 0.312. The number of fused-ring (bicyclic) bond motifs is 1. The quantitative estimate of drug-likeness (QED) is 0.838. The van der Waals surface area contributed by atoms with Gasteiger partial charge in [0.25, 0.3) is 0 Å². The average Bonchev–Trinajstić information content (AvgIpc) is 2.78. The van der Waals surface area contributed by atoms with E-state index in [0.29, 0.717) is 13.2 Å². The molecule has 1 saturated heterocycles. The standard InChI is InChI=1S/C16H17NO2/c1-16(10-19-9-14(16)17)15(18)13-8-4-6-11-5-2-3-7-12(11)13/h2-8,14H,9-10,17H2,1H3. The number of rotatable bonds is 2. The van der Waals surface area contributed by atoms with Gasteiger partial charge in [0.15, 0.2) is 5.78 Å². The Kier molecular flexibility index (Phi) is 2.88. The molecule has 3 heteroatoms. The van der Waals surface area contributed by atoms with Gasteiger partial charge in [-0.15, -0.1) is 0 Å². The highest BCUT2D eigenvalue weighted by Gasteiger charge is 2.44. The molecule has 2 aromatic rings. The van der Waals surface area contributed by atoms with Crippen molar-refractivity contribution in [3.8, 4) is 0 Å². The largest absolute Gasteiger partial charge is 0.379 e. The van der Waals surface area contributed by atoms with Gasteiger partial charge in [0.05, 0.1) is 18.6 Å². The van der Waals surface area contributed by atoms with Gasteiger partial charge in [-0.2, -0.15) is 0 Å². The van der Waals surface area contributed by atoms with Gasteiger partial charge in [0.1, 0.15) is 0 Å². The SMILES string of the molecule is CC1(C(=O)c2cccc3ccccc23)COCC1N. The molecule has 2 N–H and O–H groups in total. The minimum atomic E-state index is -0.621. The molecule has 0 saturated carbocycles. The number of ketones is 1. The summed E-state index contributed by atoms with van der Waals surface area (Å²) < 4.78 is 5.38. The number of ether oxygens (including phenoxy) is 1. The Labute approximate surface area is 112 Å². The summed E-state index contributed by atoms with van der Waals surface area (Å²) in [6, 6.07) is 13.5. The van der Waals surface area contributed by atoms with Gasteiger partial charge in [0.2, 0.25) is 0 Å². The molecule has 0 aromatic heterocycles. The van der Waals surface area contributed by atoms with Crippen LogP contribution >= 0.6 is 0 Å². The summed E-state index contributed by atoms with van der Waals surface area (Å²) in [5, 5.41) is 2.06. The predicted molar refractivity (Wildman–Crippen MR) is 75.2 cm³/mol. The first-order valence-electron chi connectivity index (χ1n) is 6.49. The van der Waals surface area contributed by atoms with Crippen molar-refractivity contribution in [3.63, 3.8) is 0 Å². The third-order valence-corrected chi connectivity index (χ3v) is 4.07. The summed E-state index contributed by atoms with van der Waals surface area (Å²) >= 11 is 0. The number of carbonyl (C=O) groups excluding carboxylic acids is 1. The molecule has 0 bridgehead atoms. The molecular weight excluding hydrogens is 238 g/mol. The van der Waals surface area contributed by atoms with Crippen LogP contribution in [0, 0.1) is 5.41 Å². The van der Waals surface area contributed by atoms with E-state index in [2.05, 4.69) is 0 Å². The number of carbonyl (C=O) groups is 1. The molecule has 0 spiro atoms. The van der Waals surface area contributed by atoms with Gasteiger partial charge in [-0.25, -0.2) is 0 Å². The number of hydrogen-bond donors (Lipinski definition) is 1. The monoisotopic (exact) mass is 255 g/mol. The topological polar surface area (TPSA) is 52.3 Å². The third kappa shape index (κ3) is 1.86. The molecule has 1 aliphatic heterocycles. The normalized spacial score (nSPS) is 26.7. The average molecular weight is 255 g/mol. The van der Waals surface area contributed by atoms with Crippen LogP contribution in [0.1, 0.15) is 17.3 Å². The highest BCUT2D eigenvalue weighted by atomic mass is 16.5. The van der Waals surface area contributed by atoms with Crippen molar-refractivity contribution < 1.29 is 9.53 Å². The molecule has 0 aliphatic carbocycles. The van der Waals surface area contributed by atoms with Crippen LogP contribution < -0.4 is 5.73 Å². The first-order valence-corrected chi connectivity index (χ1v) is 6.49. The lowest BCUT2D eigenvalue weighted by Gasteiger charge is -2.25. The Hall–Kier alpha value is -1.71. The Morgan fingerprint density at radius 2 is 2.00 bits per heavy atom. The van der Waals surface area contributed by atoms with Gasteiger partial charge in [-0.1, -0.05) is 42.5 Å². The zero-order valence-corrected chi connectivity index (χ0v) is 10.9. The van der Waals surface area contributed by atoms with Crippen LogP contribution in [0.25, 0.3) is 10.8 Å². The van der Waals surface area contributed by atoms with Crippen LogP contribution in [0.2, 0.25) is 0 Å². The van der Waals surface area contributed by atoms with E-state index in [4.69, 9.17) is 10.5 Å². The van der Waals surface area contributed by atoms with Gasteiger partial charge in [-0.05, 0) is 17.7 Å². The molecule has 2 aromatic carbocycles. The van der Waals surface area contributed by atoms with Crippen molar-refractivity contribution in [1.82, 2.24) is 0 Å². The van der Waals surface area contributed by atoms with Gasteiger partial charge in [-0.3, -0.25) is 4.79 Å². The van der Waals surface area contributed by atoms with Crippen LogP contribution in [-0.2, 0) is 4.74 Å². The molecular formula is C16H17NO2. The first kappa shape index (κ1) is 12.3. The van der Waals surface area contributed by atoms with Crippen LogP contribution in [0.15, 0.2) is 42.5 Å². The van der Waals surface area contributed by atoms with E-state index < -0.39 is 5.41 Å². The molecule has 3 nitrogen and oxygen atoms in total. The molecule has 1 fully saturated rings. The van der Waals surface area contributed by atoms with Crippen molar-refractivity contribution in [3.05, 3.63) is 48.0 Å². The Balaban J connectivity index is 2.12. The van der Waals surface area contributed by atoms with Crippen LogP contribution in [0.4, 0.5) is 0 Å². The van der Waals surface area contributed by atoms with E-state index >= 15 is 0 Å². The number of benzene rings is 2. The number of hydrogen-bond acceptors (Lipinski definition) is 3. The van der Waals surface area contributed by atoms with Crippen molar-refractivity contribution in [1.29, 1.82) is 0 Å². The van der Waals surface area contributed by atoms with E-state index in [1.54, 1.807) is 0 Å². The van der Waals surface area contributed by atoms with E-state index in [1.165, 1.54) is 0 Å². The summed E-state index contributed by atoms with van der Waals surface area (Å²) in [7, 11) is 0. The molecule has 98 valence electrons. The third-order valence-electron chi connectivity index (χ3n) is 4.07. The molecule has 2 unspecified atom stereocenters. The highest BCUT2D eigenvalue weighted by Crippen LogP contribution is 2.33. The smallest absolute Gasteiger partial charge is 0.173 e. The molecule has 1 heterocycles. The lowest BCUT2D eigenvalue weighted by molar-refractivity contribution is 0.0769. The Morgan fingerprint density at radius 1 is 1.26 bits per heavy atom. The summed E-state index contributed by atoms with van der Waals surface area (Å²) in [5.41, 5.74) is 6.17. The van der Waals surface area contributed by atoms with Crippen molar-refractivity contribution >= 4 is 16.6 Å². The zero-order valence-electron chi connectivity index (χ0n) is 10.9. The zero-order chi connectivity index (χ0) is 13.5. The van der Waals surface area contributed by atoms with Crippen LogP contribution in [0.5, 0.6) is 0 Å². The van der Waals surface area contributed by atoms with Crippen LogP contribution in [0.3, 0.4) is 0 Å². The maximum absolute atomic E-state index is 12.8. The maximum Gasteiger partial charge on any atom is 0.173 e. The van der Waals surface area contributed by atoms with E-state index in [9.17, 15) is 4.79 Å². The molecule has 3 rings (SSSR count). The maximum atomic E-state index is 12.8. The fourth-order valence-electron chi connectivity index (χ4n) is 2.65. The molecule has 2 atom stereocenters. The van der Waals surface area contributed by atoms with Gasteiger partial charge < -0.3 is 10.5 Å². The minimum absolute atomic E-state index is 0.0781. The molecule has 0 radical (unpaired) electrons. The number of nitrogens with two attached hydrogens (primary N) is 1. The fourth-order valence-corrected chi connectivity index (χ4v) is 2.65. The lowest BCUT2D eigenvalue weighted by atomic mass is 9.77. The van der Waals surface area contributed by atoms with Crippen molar-refractivity contribution in [2.75, 3.05) is 13.2 Å². The van der Waals surface area contributed by atoms with E-state index in [1.807, 2.05) is 49.4 Å². The summed E-state index contributed by atoms with van der Waals surface area (Å²) in [6.45, 7) is 2.75.